The van der Waals surface area contributed by atoms with Crippen LogP contribution in [0.2, 0.25) is 0 Å². The van der Waals surface area contributed by atoms with Crippen molar-refractivity contribution in [2.45, 2.75) is 67.2 Å². The maximum atomic E-state index is 3.63. The standard InChI is InChI=1S/C18H38N2/c1-7-18(8-2)9-11-20(12-10-18)15-17(5,6)14-19-13-16(3)4/h16,19H,7-15H2,1-6H3. The van der Waals surface area contributed by atoms with Gasteiger partial charge in [-0.2, -0.15) is 0 Å². The molecule has 1 rings (SSSR count). The van der Waals surface area contributed by atoms with Gasteiger partial charge in [0.1, 0.15) is 0 Å². The van der Waals surface area contributed by atoms with E-state index in [4.69, 9.17) is 0 Å². The first-order valence-electron chi connectivity index (χ1n) is 8.75. The fraction of sp³-hybridized carbons (Fsp3) is 1.00. The Morgan fingerprint density at radius 3 is 2.10 bits per heavy atom. The Labute approximate surface area is 127 Å². The number of likely N-dealkylation sites (tertiary alicyclic amines) is 1. The molecule has 1 N–H and O–H groups in total. The summed E-state index contributed by atoms with van der Waals surface area (Å²) in [4.78, 5) is 2.70. The zero-order chi connectivity index (χ0) is 15.2. The summed E-state index contributed by atoms with van der Waals surface area (Å²) >= 11 is 0. The molecule has 0 amide bonds. The van der Waals surface area contributed by atoms with Crippen molar-refractivity contribution in [3.63, 3.8) is 0 Å². The van der Waals surface area contributed by atoms with Crippen LogP contribution in [-0.4, -0.2) is 37.6 Å². The summed E-state index contributed by atoms with van der Waals surface area (Å²) in [5, 5.41) is 3.63. The Kier molecular flexibility index (Phi) is 7.00. The van der Waals surface area contributed by atoms with Crippen molar-refractivity contribution in [3.05, 3.63) is 0 Å². The molecule has 0 atom stereocenters. The van der Waals surface area contributed by atoms with E-state index in [1.165, 1.54) is 45.3 Å². The molecule has 1 aliphatic heterocycles. The van der Waals surface area contributed by atoms with E-state index in [1.54, 1.807) is 0 Å². The molecule has 0 spiro atoms. The molecule has 120 valence electrons. The minimum atomic E-state index is 0.382. The van der Waals surface area contributed by atoms with Crippen molar-refractivity contribution >= 4 is 0 Å². The van der Waals surface area contributed by atoms with Gasteiger partial charge in [-0.15, -0.1) is 0 Å². The lowest BCUT2D eigenvalue weighted by Crippen LogP contribution is -2.46. The smallest absolute Gasteiger partial charge is 0.00448 e. The maximum absolute atomic E-state index is 3.63. The summed E-state index contributed by atoms with van der Waals surface area (Å²) in [6, 6.07) is 0. The van der Waals surface area contributed by atoms with Crippen LogP contribution in [0.3, 0.4) is 0 Å². The molecule has 2 heteroatoms. The molecule has 1 fully saturated rings. The number of nitrogens with zero attached hydrogens (tertiary/aromatic N) is 1. The number of rotatable bonds is 8. The van der Waals surface area contributed by atoms with Gasteiger partial charge in [0.2, 0.25) is 0 Å². The van der Waals surface area contributed by atoms with E-state index in [0.717, 1.165) is 19.0 Å². The monoisotopic (exact) mass is 282 g/mol. The van der Waals surface area contributed by atoms with Crippen molar-refractivity contribution in [2.24, 2.45) is 16.7 Å². The molecule has 0 aliphatic carbocycles. The Hall–Kier alpha value is -0.0800. The second kappa shape index (κ2) is 7.79. The second-order valence-corrected chi connectivity index (χ2v) is 8.17. The molecule has 2 nitrogen and oxygen atoms in total. The summed E-state index contributed by atoms with van der Waals surface area (Å²) < 4.78 is 0. The number of hydrogen-bond donors (Lipinski definition) is 1. The Balaban J connectivity index is 2.34. The van der Waals surface area contributed by atoms with Gasteiger partial charge >= 0.3 is 0 Å². The third-order valence-corrected chi connectivity index (χ3v) is 5.22. The molecule has 0 aromatic heterocycles. The van der Waals surface area contributed by atoms with Gasteiger partial charge in [0.25, 0.3) is 0 Å². The zero-order valence-electron chi connectivity index (χ0n) is 14.9. The molecule has 0 radical (unpaired) electrons. The third-order valence-electron chi connectivity index (χ3n) is 5.22. The molecule has 1 aliphatic rings. The molecule has 0 bridgehead atoms. The Morgan fingerprint density at radius 2 is 1.65 bits per heavy atom. The van der Waals surface area contributed by atoms with Crippen LogP contribution in [0.1, 0.15) is 67.2 Å². The predicted molar refractivity (Wildman–Crippen MR) is 90.2 cm³/mol. The SMILES string of the molecule is CCC1(CC)CCN(CC(C)(C)CNCC(C)C)CC1. The molecule has 0 aromatic carbocycles. The first-order valence-corrected chi connectivity index (χ1v) is 8.75. The fourth-order valence-electron chi connectivity index (χ4n) is 3.50. The van der Waals surface area contributed by atoms with Crippen molar-refractivity contribution in [3.8, 4) is 0 Å². The first-order chi connectivity index (χ1) is 9.32. The second-order valence-electron chi connectivity index (χ2n) is 8.17. The molecule has 0 aromatic rings. The van der Waals surface area contributed by atoms with Crippen LogP contribution in [0, 0.1) is 16.7 Å². The summed E-state index contributed by atoms with van der Waals surface area (Å²) in [5.41, 5.74) is 1.03. The minimum Gasteiger partial charge on any atom is -0.316 e. The lowest BCUT2D eigenvalue weighted by Gasteiger charge is -2.43. The van der Waals surface area contributed by atoms with Crippen molar-refractivity contribution in [2.75, 3.05) is 32.7 Å². The highest BCUT2D eigenvalue weighted by molar-refractivity contribution is 4.86. The van der Waals surface area contributed by atoms with E-state index in [2.05, 4.69) is 51.8 Å². The van der Waals surface area contributed by atoms with E-state index in [-0.39, 0.29) is 0 Å². The molecular formula is C18H38N2. The van der Waals surface area contributed by atoms with Crippen LogP contribution in [0.25, 0.3) is 0 Å². The fourth-order valence-corrected chi connectivity index (χ4v) is 3.50. The van der Waals surface area contributed by atoms with Gasteiger partial charge in [0.05, 0.1) is 0 Å². The van der Waals surface area contributed by atoms with E-state index >= 15 is 0 Å². The Morgan fingerprint density at radius 1 is 1.10 bits per heavy atom. The van der Waals surface area contributed by atoms with Gasteiger partial charge < -0.3 is 10.2 Å². The summed E-state index contributed by atoms with van der Waals surface area (Å²) in [6.45, 7) is 20.2. The predicted octanol–water partition coefficient (Wildman–Crippen LogP) is 4.16. The van der Waals surface area contributed by atoms with Crippen LogP contribution in [0.4, 0.5) is 0 Å². The quantitative estimate of drug-likeness (QED) is 0.719. The van der Waals surface area contributed by atoms with Crippen LogP contribution in [0.15, 0.2) is 0 Å². The average molecular weight is 283 g/mol. The zero-order valence-corrected chi connectivity index (χ0v) is 14.9. The summed E-state index contributed by atoms with van der Waals surface area (Å²) in [7, 11) is 0. The highest BCUT2D eigenvalue weighted by atomic mass is 15.1. The van der Waals surface area contributed by atoms with Crippen molar-refractivity contribution in [1.82, 2.24) is 10.2 Å². The molecule has 20 heavy (non-hydrogen) atoms. The largest absolute Gasteiger partial charge is 0.316 e. The third kappa shape index (κ3) is 5.73. The molecule has 1 saturated heterocycles. The molecule has 1 heterocycles. The highest BCUT2D eigenvalue weighted by Gasteiger charge is 2.32. The van der Waals surface area contributed by atoms with Gasteiger partial charge in [-0.05, 0) is 49.2 Å². The van der Waals surface area contributed by atoms with E-state index in [9.17, 15) is 0 Å². The van der Waals surface area contributed by atoms with E-state index in [0.29, 0.717) is 10.8 Å². The number of nitrogens with one attached hydrogen (secondary N) is 1. The lowest BCUT2D eigenvalue weighted by molar-refractivity contribution is 0.0687. The van der Waals surface area contributed by atoms with Gasteiger partial charge in [-0.3, -0.25) is 0 Å². The Bertz CT molecular complexity index is 257. The molecular weight excluding hydrogens is 244 g/mol. The van der Waals surface area contributed by atoms with Crippen LogP contribution in [0.5, 0.6) is 0 Å². The molecule has 0 unspecified atom stereocenters. The van der Waals surface area contributed by atoms with Crippen molar-refractivity contribution in [1.29, 1.82) is 0 Å². The maximum Gasteiger partial charge on any atom is 0.00448 e. The van der Waals surface area contributed by atoms with Crippen molar-refractivity contribution < 1.29 is 0 Å². The van der Waals surface area contributed by atoms with Gasteiger partial charge in [-0.1, -0.05) is 54.4 Å². The van der Waals surface area contributed by atoms with Gasteiger partial charge in [0, 0.05) is 13.1 Å². The van der Waals surface area contributed by atoms with E-state index < -0.39 is 0 Å². The van der Waals surface area contributed by atoms with Crippen LogP contribution in [-0.2, 0) is 0 Å². The van der Waals surface area contributed by atoms with Gasteiger partial charge in [0.15, 0.2) is 0 Å². The topological polar surface area (TPSA) is 15.3 Å². The highest BCUT2D eigenvalue weighted by Crippen LogP contribution is 2.38. The first kappa shape index (κ1) is 18.0. The summed E-state index contributed by atoms with van der Waals surface area (Å²) in [5.74, 6) is 0.746. The normalized spacial score (nSPS) is 20.6. The summed E-state index contributed by atoms with van der Waals surface area (Å²) in [6.07, 6.45) is 5.51. The van der Waals surface area contributed by atoms with Gasteiger partial charge in [-0.25, -0.2) is 0 Å². The average Bonchev–Trinajstić information content (AvgIpc) is 2.39. The number of hydrogen-bond acceptors (Lipinski definition) is 2. The van der Waals surface area contributed by atoms with E-state index in [1.807, 2.05) is 0 Å². The minimum absolute atomic E-state index is 0.382. The van der Waals surface area contributed by atoms with Crippen LogP contribution < -0.4 is 5.32 Å². The lowest BCUT2D eigenvalue weighted by atomic mass is 9.74. The molecule has 0 saturated carbocycles. The van der Waals surface area contributed by atoms with Crippen LogP contribution >= 0.6 is 0 Å². The number of piperidine rings is 1.